The summed E-state index contributed by atoms with van der Waals surface area (Å²) < 4.78 is 30.1. The van der Waals surface area contributed by atoms with E-state index in [2.05, 4.69) is 324 Å². The Hall–Kier alpha value is -8.53. The molecule has 0 aliphatic heterocycles. The van der Waals surface area contributed by atoms with Crippen molar-refractivity contribution in [3.05, 3.63) is 294 Å². The number of carbonyl (C=O) groups excluding carboxylic acids is 1. The molecule has 0 saturated carbocycles. The van der Waals surface area contributed by atoms with Crippen molar-refractivity contribution in [1.29, 1.82) is 0 Å². The lowest BCUT2D eigenvalue weighted by Crippen LogP contribution is -2.16. The van der Waals surface area contributed by atoms with Gasteiger partial charge in [-0.25, -0.2) is 0 Å². The van der Waals surface area contributed by atoms with Gasteiger partial charge in [0.05, 0.1) is 0 Å². The topological polar surface area (TPSA) is 17.1 Å². The zero-order valence-electron chi connectivity index (χ0n) is 72.8. The molecule has 3 heteroatoms. The normalized spacial score (nSPS) is 14.3. The van der Waals surface area contributed by atoms with E-state index in [4.69, 9.17) is 0 Å². The van der Waals surface area contributed by atoms with Crippen LogP contribution in [0.4, 0.5) is 8.78 Å². The molecule has 576 valence electrons. The summed E-state index contributed by atoms with van der Waals surface area (Å²) in [6, 6.07) is 70.3. The number of alkyl halides is 2. The van der Waals surface area contributed by atoms with Crippen molar-refractivity contribution in [2.24, 2.45) is 0 Å². The van der Waals surface area contributed by atoms with Gasteiger partial charge in [-0.2, -0.15) is 8.78 Å². The molecule has 0 amide bonds. The minimum atomic E-state index is -2.92. The lowest BCUT2D eigenvalue weighted by Gasteiger charge is -2.27. The van der Waals surface area contributed by atoms with Gasteiger partial charge in [-0.3, -0.25) is 4.79 Å². The third-order valence-corrected chi connectivity index (χ3v) is 23.3. The van der Waals surface area contributed by atoms with Crippen LogP contribution in [0.15, 0.2) is 194 Å². The van der Waals surface area contributed by atoms with Crippen LogP contribution < -0.4 is 0 Å². The molecule has 11 aromatic carbocycles. The van der Waals surface area contributed by atoms with Gasteiger partial charge in [-0.1, -0.05) is 365 Å². The summed E-state index contributed by atoms with van der Waals surface area (Å²) in [4.78, 5) is 12.8. The predicted molar refractivity (Wildman–Crippen MR) is 473 cm³/mol. The first-order valence-corrected chi connectivity index (χ1v) is 40.5. The molecule has 0 bridgehead atoms. The first-order valence-electron chi connectivity index (χ1n) is 40.5. The van der Waals surface area contributed by atoms with Gasteiger partial charge in [0.15, 0.2) is 5.78 Å². The number of benzene rings is 11. The quantitative estimate of drug-likeness (QED) is 0.138. The van der Waals surface area contributed by atoms with Gasteiger partial charge >= 0.3 is 0 Å². The molecule has 0 radical (unpaired) electrons. The molecule has 15 rings (SSSR count). The highest BCUT2D eigenvalue weighted by molar-refractivity contribution is 6.22. The minimum Gasteiger partial charge on any atom is -0.289 e. The van der Waals surface area contributed by atoms with E-state index in [9.17, 15) is 4.79 Å². The van der Waals surface area contributed by atoms with Gasteiger partial charge in [0, 0.05) is 22.3 Å². The summed E-state index contributed by atoms with van der Waals surface area (Å²) in [5, 5.41) is 5.32. The second-order valence-corrected chi connectivity index (χ2v) is 42.6. The highest BCUT2D eigenvalue weighted by Crippen LogP contribution is 2.53. The lowest BCUT2D eigenvalue weighted by molar-refractivity contribution is 0.0477. The Labute approximate surface area is 662 Å². The van der Waals surface area contributed by atoms with E-state index in [1.807, 2.05) is 65.8 Å². The van der Waals surface area contributed by atoms with E-state index in [1.165, 1.54) is 123 Å². The Balaban J connectivity index is 0.000000136. The third kappa shape index (κ3) is 17.5. The number of hydrogen-bond donors (Lipinski definition) is 0. The molecular weight excluding hydrogens is 1340 g/mol. The number of aryl methyl sites for hydroxylation is 2. The Kier molecular flexibility index (Phi) is 21.7. The molecule has 4 aliphatic rings. The Morgan fingerprint density at radius 1 is 0.209 bits per heavy atom. The second-order valence-electron chi connectivity index (χ2n) is 42.6. The van der Waals surface area contributed by atoms with Gasteiger partial charge in [-0.05, 0) is 254 Å². The fourth-order valence-corrected chi connectivity index (χ4v) is 15.6. The summed E-state index contributed by atoms with van der Waals surface area (Å²) in [5.41, 5.74) is 31.2. The molecule has 110 heavy (non-hydrogen) atoms. The van der Waals surface area contributed by atoms with Crippen LogP contribution in [0.3, 0.4) is 0 Å². The van der Waals surface area contributed by atoms with E-state index in [0.717, 1.165) is 39.8 Å². The fourth-order valence-electron chi connectivity index (χ4n) is 15.6. The summed E-state index contributed by atoms with van der Waals surface area (Å²) in [6.07, 6.45) is 3.41. The molecule has 0 atom stereocenters. The highest BCUT2D eigenvalue weighted by atomic mass is 19.3. The first kappa shape index (κ1) is 82.4. The van der Waals surface area contributed by atoms with Crippen LogP contribution in [0.2, 0.25) is 0 Å². The van der Waals surface area contributed by atoms with Crippen molar-refractivity contribution in [1.82, 2.24) is 0 Å². The lowest BCUT2D eigenvalue weighted by atomic mass is 9.78. The zero-order valence-corrected chi connectivity index (χ0v) is 72.8. The third-order valence-electron chi connectivity index (χ3n) is 23.3. The monoisotopic (exact) mass is 1470 g/mol. The molecule has 1 nitrogen and oxygen atoms in total. The number of fused-ring (bicyclic) bond motifs is 14. The van der Waals surface area contributed by atoms with Crippen molar-refractivity contribution < 1.29 is 13.6 Å². The van der Waals surface area contributed by atoms with E-state index < -0.39 is 5.92 Å². The molecular formula is C107H128F2O. The van der Waals surface area contributed by atoms with Crippen LogP contribution in [-0.2, 0) is 79.3 Å². The summed E-state index contributed by atoms with van der Waals surface area (Å²) in [5.74, 6) is -2.75. The van der Waals surface area contributed by atoms with Gasteiger partial charge in [0.25, 0.3) is 5.92 Å². The number of hydrogen-bond acceptors (Lipinski definition) is 1. The average molecular weight is 1470 g/mol. The SMILES string of the molecule is CC(C)(C)c1ccc2c(c1)C(=O)c1cc(C(C)(C)C)ccc1-2.CC(C)(C)c1ccc2c(c1)C(F)(F)c1cc(C(C)(C)C)ccc1-2.CC(C)(C)c1ccc2c(c1)CCc1cc(C(C)(C)C)ccc1-2.CC(C)(C)c1ccc2c(c1)Cc1cc(C(C)(C)C)ccc1-2.CC(C)(C)c1ccc2cc3cc(C(C)(C)C)ccc3cc2c1. The van der Waals surface area contributed by atoms with E-state index in [1.54, 1.807) is 12.1 Å². The smallest absolute Gasteiger partial charge is 0.289 e. The molecule has 0 spiro atoms. The van der Waals surface area contributed by atoms with Crippen molar-refractivity contribution >= 4 is 27.3 Å². The van der Waals surface area contributed by atoms with E-state index >= 15 is 8.78 Å². The minimum absolute atomic E-state index is 0.0562. The number of halogens is 2. The van der Waals surface area contributed by atoms with Gasteiger partial charge in [-0.15, -0.1) is 0 Å². The molecule has 0 N–H and O–H groups in total. The molecule has 11 aromatic rings. The molecule has 0 aromatic heterocycles. The van der Waals surface area contributed by atoms with Crippen LogP contribution in [0.25, 0.3) is 66.1 Å². The fraction of sp³-hybridized carbons (Fsp3) is 0.411. The van der Waals surface area contributed by atoms with Crippen molar-refractivity contribution in [2.45, 2.75) is 287 Å². The second kappa shape index (κ2) is 28.9. The summed E-state index contributed by atoms with van der Waals surface area (Å²) in [6.45, 7) is 66.5. The Bertz CT molecular complexity index is 5000. The van der Waals surface area contributed by atoms with E-state index in [0.29, 0.717) is 11.1 Å². The maximum absolute atomic E-state index is 15.1. The average Bonchev–Trinajstić information content (AvgIpc) is 1.56. The molecule has 0 fully saturated rings. The molecule has 0 heterocycles. The summed E-state index contributed by atoms with van der Waals surface area (Å²) >= 11 is 0. The van der Waals surface area contributed by atoms with Crippen LogP contribution in [0, 0.1) is 0 Å². The number of rotatable bonds is 0. The maximum Gasteiger partial charge on any atom is 0.299 e. The largest absolute Gasteiger partial charge is 0.299 e. The van der Waals surface area contributed by atoms with Crippen LogP contribution >= 0.6 is 0 Å². The van der Waals surface area contributed by atoms with Gasteiger partial charge < -0.3 is 0 Å². The maximum atomic E-state index is 15.1. The van der Waals surface area contributed by atoms with Crippen molar-refractivity contribution in [3.8, 4) is 44.5 Å². The summed E-state index contributed by atoms with van der Waals surface area (Å²) in [7, 11) is 0. The van der Waals surface area contributed by atoms with Crippen LogP contribution in [0.1, 0.15) is 313 Å². The zero-order chi connectivity index (χ0) is 81.1. The number of carbonyl (C=O) groups is 1. The molecule has 0 unspecified atom stereocenters. The highest BCUT2D eigenvalue weighted by Gasteiger charge is 2.45. The van der Waals surface area contributed by atoms with Gasteiger partial charge in [0.2, 0.25) is 0 Å². The van der Waals surface area contributed by atoms with Crippen molar-refractivity contribution in [3.63, 3.8) is 0 Å². The molecule has 4 aliphatic carbocycles. The van der Waals surface area contributed by atoms with Gasteiger partial charge in [0.1, 0.15) is 0 Å². The Morgan fingerprint density at radius 3 is 0.691 bits per heavy atom. The first-order chi connectivity index (χ1) is 50.5. The van der Waals surface area contributed by atoms with Crippen LogP contribution in [0.5, 0.6) is 0 Å². The molecule has 0 saturated heterocycles. The number of ketones is 1. The van der Waals surface area contributed by atoms with Crippen LogP contribution in [-0.4, -0.2) is 5.78 Å². The van der Waals surface area contributed by atoms with E-state index in [-0.39, 0.29) is 71.1 Å². The predicted octanol–water partition coefficient (Wildman–Crippen LogP) is 30.4. The van der Waals surface area contributed by atoms with Crippen molar-refractivity contribution in [2.75, 3.05) is 0 Å². The standard InChI is InChI=1S/C22H26.C22H28.C21H24F2.C21H24O.C21H26/c1-21(2,3)19-9-7-15-12-18-14-20(22(4,5)6)10-8-16(18)11-17(15)13-19;1-21(2,3)17-9-11-19-15(13-17)7-8-16-14-18(22(4,5)6)10-12-20(16)19;1-19(2,3)13-7-9-15-16-10-8-14(20(4,5)6)12-18(16)21(22,23)17(15)11-13;1-20(2,3)13-7-9-15-16-10-8-14(21(4,5)6)12-18(16)19(22)17(15)11-13;1-20(2,3)16-7-9-18-14(12-16)11-15-13-17(21(4,5)6)8-10-19(15)18/h7-14H,1-6H3;9-14H,7-8H2,1-6H3;7-12H,1-6H3;7-12H,1-6H3;7-10,12-13H,11H2,1-6H3. The Morgan fingerprint density at radius 2 is 0.418 bits per heavy atom.